The van der Waals surface area contributed by atoms with Crippen molar-refractivity contribution in [2.24, 2.45) is 5.92 Å². The van der Waals surface area contributed by atoms with Gasteiger partial charge >= 0.3 is 0 Å². The number of nitrogens with one attached hydrogen (secondary N) is 1. The standard InChI is InChI=1S/C28H37N3O3S/c1-19-12-13-23-24(14-19)35-28-26(23)27(33)29-25(30-28)16-31(21-10-6-3-7-11-21)15-22(32)18-34-17-20-8-4-2-5-9-20/h2,4-5,8-9,19,21-22,32H,3,6-7,10-18H2,1H3,(H,29,30,33)/t19-,22-/m1/s1. The number of nitrogens with zero attached hydrogens (tertiary/aromatic N) is 2. The Morgan fingerprint density at radius 3 is 2.80 bits per heavy atom. The van der Waals surface area contributed by atoms with Gasteiger partial charge in [0.25, 0.3) is 5.56 Å². The quantitative estimate of drug-likeness (QED) is 0.445. The van der Waals surface area contributed by atoms with Crippen LogP contribution in [0.3, 0.4) is 0 Å². The minimum absolute atomic E-state index is 0.00705. The third kappa shape index (κ3) is 6.02. The monoisotopic (exact) mass is 495 g/mol. The number of benzene rings is 1. The summed E-state index contributed by atoms with van der Waals surface area (Å²) >= 11 is 1.70. The second-order valence-corrected chi connectivity index (χ2v) is 11.5. The minimum atomic E-state index is -0.591. The maximum atomic E-state index is 13.1. The fourth-order valence-corrected chi connectivity index (χ4v) is 7.06. The Bertz CT molecular complexity index is 1170. The van der Waals surface area contributed by atoms with Gasteiger partial charge in [-0.3, -0.25) is 9.69 Å². The summed E-state index contributed by atoms with van der Waals surface area (Å²) in [6.45, 7) is 4.13. The fourth-order valence-electron chi connectivity index (χ4n) is 5.66. The van der Waals surface area contributed by atoms with Gasteiger partial charge in [0.05, 0.1) is 31.2 Å². The molecule has 0 aliphatic heterocycles. The van der Waals surface area contributed by atoms with E-state index in [1.54, 1.807) is 11.3 Å². The molecule has 1 fully saturated rings. The summed E-state index contributed by atoms with van der Waals surface area (Å²) in [5, 5.41) is 11.6. The van der Waals surface area contributed by atoms with Crippen molar-refractivity contribution in [1.29, 1.82) is 0 Å². The number of ether oxygens (including phenoxy) is 1. The molecule has 0 unspecified atom stereocenters. The summed E-state index contributed by atoms with van der Waals surface area (Å²) in [6, 6.07) is 10.4. The van der Waals surface area contributed by atoms with Crippen molar-refractivity contribution in [3.8, 4) is 0 Å². The Morgan fingerprint density at radius 1 is 1.20 bits per heavy atom. The lowest BCUT2D eigenvalue weighted by Crippen LogP contribution is -2.43. The van der Waals surface area contributed by atoms with E-state index in [4.69, 9.17) is 9.72 Å². The van der Waals surface area contributed by atoms with Crippen molar-refractivity contribution in [3.05, 3.63) is 62.5 Å². The van der Waals surface area contributed by atoms with Gasteiger partial charge in [-0.25, -0.2) is 4.98 Å². The lowest BCUT2D eigenvalue weighted by molar-refractivity contribution is -0.00393. The molecule has 2 aliphatic rings. The molecule has 1 aromatic carbocycles. The van der Waals surface area contributed by atoms with E-state index in [2.05, 4.69) is 16.8 Å². The van der Waals surface area contributed by atoms with Crippen LogP contribution in [-0.2, 0) is 30.7 Å². The molecule has 2 aromatic heterocycles. The second-order valence-electron chi connectivity index (χ2n) is 10.4. The van der Waals surface area contributed by atoms with Gasteiger partial charge in [0.1, 0.15) is 10.7 Å². The molecular weight excluding hydrogens is 458 g/mol. The average molecular weight is 496 g/mol. The van der Waals surface area contributed by atoms with E-state index in [9.17, 15) is 9.90 Å². The SMILES string of the molecule is C[C@@H]1CCc2c(sc3nc(CN(C[C@@H](O)COCc4ccccc4)C4CCCCC4)[nH]c(=O)c23)C1. The number of thiophene rings is 1. The summed E-state index contributed by atoms with van der Waals surface area (Å²) in [5.74, 6) is 1.37. The van der Waals surface area contributed by atoms with Gasteiger partial charge in [0, 0.05) is 17.5 Å². The molecule has 0 bridgehead atoms. The van der Waals surface area contributed by atoms with Gasteiger partial charge in [0.2, 0.25) is 0 Å². The molecule has 5 rings (SSSR count). The molecule has 2 aliphatic carbocycles. The number of aromatic amines is 1. The van der Waals surface area contributed by atoms with Crippen LogP contribution < -0.4 is 5.56 Å². The topological polar surface area (TPSA) is 78.5 Å². The maximum Gasteiger partial charge on any atom is 0.259 e. The molecule has 2 heterocycles. The molecular formula is C28H37N3O3S. The number of hydrogen-bond donors (Lipinski definition) is 2. The van der Waals surface area contributed by atoms with E-state index in [0.717, 1.165) is 47.9 Å². The summed E-state index contributed by atoms with van der Waals surface area (Å²) in [6.07, 6.45) is 8.50. The van der Waals surface area contributed by atoms with Crippen LogP contribution in [0, 0.1) is 5.92 Å². The molecule has 3 aromatic rings. The number of H-pyrrole nitrogens is 1. The second kappa shape index (κ2) is 11.3. The van der Waals surface area contributed by atoms with E-state index in [0.29, 0.717) is 37.5 Å². The Morgan fingerprint density at radius 2 is 2.00 bits per heavy atom. The predicted octanol–water partition coefficient (Wildman–Crippen LogP) is 4.82. The summed E-state index contributed by atoms with van der Waals surface area (Å²) in [5.41, 5.74) is 2.32. The van der Waals surface area contributed by atoms with Crippen LogP contribution in [0.15, 0.2) is 35.1 Å². The van der Waals surface area contributed by atoms with Crippen molar-refractivity contribution in [3.63, 3.8) is 0 Å². The smallest absolute Gasteiger partial charge is 0.259 e. The lowest BCUT2D eigenvalue weighted by atomic mass is 9.89. The van der Waals surface area contributed by atoms with Crippen LogP contribution in [0.25, 0.3) is 10.2 Å². The van der Waals surface area contributed by atoms with Crippen molar-refractivity contribution in [1.82, 2.24) is 14.9 Å². The molecule has 0 spiro atoms. The highest BCUT2D eigenvalue weighted by Crippen LogP contribution is 2.35. The Kier molecular flexibility index (Phi) is 7.97. The van der Waals surface area contributed by atoms with E-state index >= 15 is 0 Å². The first kappa shape index (κ1) is 24.6. The van der Waals surface area contributed by atoms with Gasteiger partial charge in [-0.1, -0.05) is 56.5 Å². The third-order valence-electron chi connectivity index (χ3n) is 7.53. The van der Waals surface area contributed by atoms with Gasteiger partial charge < -0.3 is 14.8 Å². The molecule has 0 amide bonds. The van der Waals surface area contributed by atoms with Crippen LogP contribution in [-0.4, -0.2) is 45.3 Å². The van der Waals surface area contributed by atoms with Crippen LogP contribution in [0.1, 0.15) is 67.3 Å². The number of fused-ring (bicyclic) bond motifs is 3. The van der Waals surface area contributed by atoms with E-state index in [1.165, 1.54) is 29.7 Å². The van der Waals surface area contributed by atoms with Crippen LogP contribution in [0.5, 0.6) is 0 Å². The highest BCUT2D eigenvalue weighted by Gasteiger charge is 2.26. The average Bonchev–Trinajstić information content (AvgIpc) is 3.22. The summed E-state index contributed by atoms with van der Waals surface area (Å²) in [4.78, 5) is 25.6. The number of aryl methyl sites for hydroxylation is 1. The molecule has 6 nitrogen and oxygen atoms in total. The molecule has 7 heteroatoms. The third-order valence-corrected chi connectivity index (χ3v) is 8.67. The Labute approximate surface area is 211 Å². The highest BCUT2D eigenvalue weighted by atomic mass is 32.1. The number of aromatic nitrogens is 2. The zero-order valence-corrected chi connectivity index (χ0v) is 21.5. The normalized spacial score (nSPS) is 19.8. The fraction of sp³-hybridized carbons (Fsp3) is 0.571. The molecule has 2 N–H and O–H groups in total. The van der Waals surface area contributed by atoms with Crippen LogP contribution in [0.2, 0.25) is 0 Å². The van der Waals surface area contributed by atoms with Crippen LogP contribution >= 0.6 is 11.3 Å². The Hall–Kier alpha value is -2.06. The van der Waals surface area contributed by atoms with Crippen molar-refractivity contribution < 1.29 is 9.84 Å². The van der Waals surface area contributed by atoms with Gasteiger partial charge in [-0.15, -0.1) is 11.3 Å². The van der Waals surface area contributed by atoms with E-state index < -0.39 is 6.10 Å². The van der Waals surface area contributed by atoms with Crippen LogP contribution in [0.4, 0.5) is 0 Å². The maximum absolute atomic E-state index is 13.1. The van der Waals surface area contributed by atoms with Gasteiger partial charge in [0.15, 0.2) is 0 Å². The summed E-state index contributed by atoms with van der Waals surface area (Å²) < 4.78 is 5.80. The first-order valence-electron chi connectivity index (χ1n) is 13.1. The molecule has 188 valence electrons. The van der Waals surface area contributed by atoms with E-state index in [-0.39, 0.29) is 12.2 Å². The predicted molar refractivity (Wildman–Crippen MR) is 141 cm³/mol. The Balaban J connectivity index is 1.29. The number of rotatable bonds is 9. The van der Waals surface area contributed by atoms with Crippen molar-refractivity contribution >= 4 is 21.6 Å². The van der Waals surface area contributed by atoms with Gasteiger partial charge in [-0.05, 0) is 49.1 Å². The number of hydrogen-bond acceptors (Lipinski definition) is 6. The summed E-state index contributed by atoms with van der Waals surface area (Å²) in [7, 11) is 0. The first-order chi connectivity index (χ1) is 17.1. The molecule has 0 saturated heterocycles. The zero-order chi connectivity index (χ0) is 24.2. The lowest BCUT2D eigenvalue weighted by Gasteiger charge is -2.35. The highest BCUT2D eigenvalue weighted by molar-refractivity contribution is 7.18. The molecule has 0 radical (unpaired) electrons. The number of aliphatic hydroxyl groups excluding tert-OH is 1. The molecule has 2 atom stereocenters. The van der Waals surface area contributed by atoms with Crippen molar-refractivity contribution in [2.45, 2.75) is 83.6 Å². The minimum Gasteiger partial charge on any atom is -0.389 e. The molecule has 1 saturated carbocycles. The van der Waals surface area contributed by atoms with Crippen molar-refractivity contribution in [2.75, 3.05) is 13.2 Å². The van der Waals surface area contributed by atoms with E-state index in [1.807, 2.05) is 30.3 Å². The molecule has 35 heavy (non-hydrogen) atoms. The zero-order valence-electron chi connectivity index (χ0n) is 20.7. The van der Waals surface area contributed by atoms with Gasteiger partial charge in [-0.2, -0.15) is 0 Å². The number of aliphatic hydroxyl groups is 1. The largest absolute Gasteiger partial charge is 0.389 e. The first-order valence-corrected chi connectivity index (χ1v) is 14.0.